The van der Waals surface area contributed by atoms with Crippen molar-refractivity contribution in [1.82, 2.24) is 10.6 Å². The Hall–Kier alpha value is -1.14. The minimum Gasteiger partial charge on any atom is -0.480 e. The highest BCUT2D eigenvalue weighted by Gasteiger charge is 2.18. The average molecular weight is 215 g/mol. The predicted octanol–water partition coefficient (Wildman–Crippen LogP) is -1.34. The molecule has 86 valence electrons. The summed E-state index contributed by atoms with van der Waals surface area (Å²) in [5, 5.41) is 14.5. The van der Waals surface area contributed by atoms with Gasteiger partial charge >= 0.3 is 5.97 Å². The maximum Gasteiger partial charge on any atom is 0.320 e. The van der Waals surface area contributed by atoms with E-state index in [-0.39, 0.29) is 24.8 Å². The van der Waals surface area contributed by atoms with Crippen LogP contribution in [0.2, 0.25) is 0 Å². The van der Waals surface area contributed by atoms with E-state index in [2.05, 4.69) is 10.6 Å². The Morgan fingerprint density at radius 3 is 2.87 bits per heavy atom. The molecule has 0 aromatic rings. The van der Waals surface area contributed by atoms with Gasteiger partial charge in [-0.3, -0.25) is 9.59 Å². The van der Waals surface area contributed by atoms with Crippen molar-refractivity contribution in [3.8, 4) is 0 Å². The number of amides is 1. The lowest BCUT2D eigenvalue weighted by Gasteiger charge is -2.11. The van der Waals surface area contributed by atoms with Gasteiger partial charge in [-0.05, 0) is 19.4 Å². The van der Waals surface area contributed by atoms with E-state index in [1.807, 2.05) is 0 Å². The Bertz CT molecular complexity index is 239. The molecule has 1 heterocycles. The molecule has 1 fully saturated rings. The Labute approximate surface area is 88.2 Å². The van der Waals surface area contributed by atoms with Crippen LogP contribution in [0.5, 0.6) is 0 Å². The van der Waals surface area contributed by atoms with E-state index in [0.29, 0.717) is 0 Å². The first-order chi connectivity index (χ1) is 7.09. The number of carbonyl (C=O) groups is 2. The highest BCUT2D eigenvalue weighted by Crippen LogP contribution is 2.00. The summed E-state index contributed by atoms with van der Waals surface area (Å²) in [5.74, 6) is -1.19. The minimum atomic E-state index is -1.06. The molecule has 5 N–H and O–H groups in total. The van der Waals surface area contributed by atoms with Crippen LogP contribution in [0.4, 0.5) is 0 Å². The Kier molecular flexibility index (Phi) is 4.51. The highest BCUT2D eigenvalue weighted by atomic mass is 16.4. The Morgan fingerprint density at radius 1 is 1.60 bits per heavy atom. The molecule has 0 aromatic heterocycles. The zero-order chi connectivity index (χ0) is 11.3. The third-order valence-corrected chi connectivity index (χ3v) is 2.43. The van der Waals surface area contributed by atoms with Gasteiger partial charge in [0, 0.05) is 19.0 Å². The fraction of sp³-hybridized carbons (Fsp3) is 0.778. The number of nitrogens with two attached hydrogens (primary N) is 1. The molecule has 6 heteroatoms. The highest BCUT2D eigenvalue weighted by molar-refractivity contribution is 5.78. The standard InChI is InChI=1S/C9H17N3O3/c10-7(9(14)15)1-2-8(13)12-6-3-4-11-5-6/h6-7,11H,1-5,10H2,(H,12,13)(H,14,15)/t6-,7?/m0/s1. The van der Waals surface area contributed by atoms with Gasteiger partial charge in [-0.1, -0.05) is 0 Å². The van der Waals surface area contributed by atoms with Crippen LogP contribution in [0, 0.1) is 0 Å². The van der Waals surface area contributed by atoms with E-state index in [4.69, 9.17) is 10.8 Å². The van der Waals surface area contributed by atoms with Gasteiger partial charge in [0.1, 0.15) is 6.04 Å². The second-order valence-corrected chi connectivity index (χ2v) is 3.74. The second kappa shape index (κ2) is 5.67. The quantitative estimate of drug-likeness (QED) is 0.454. The Morgan fingerprint density at radius 2 is 2.33 bits per heavy atom. The fourth-order valence-electron chi connectivity index (χ4n) is 1.49. The molecule has 0 saturated carbocycles. The third kappa shape index (κ3) is 4.26. The molecule has 0 bridgehead atoms. The molecule has 15 heavy (non-hydrogen) atoms. The fourth-order valence-corrected chi connectivity index (χ4v) is 1.49. The van der Waals surface area contributed by atoms with Crippen molar-refractivity contribution in [3.63, 3.8) is 0 Å². The van der Waals surface area contributed by atoms with Crippen molar-refractivity contribution in [2.24, 2.45) is 5.73 Å². The van der Waals surface area contributed by atoms with Gasteiger partial charge in [0.25, 0.3) is 0 Å². The van der Waals surface area contributed by atoms with Crippen molar-refractivity contribution in [3.05, 3.63) is 0 Å². The van der Waals surface area contributed by atoms with Crippen molar-refractivity contribution in [2.75, 3.05) is 13.1 Å². The average Bonchev–Trinajstić information content (AvgIpc) is 2.66. The van der Waals surface area contributed by atoms with Gasteiger partial charge in [0.2, 0.25) is 5.91 Å². The lowest BCUT2D eigenvalue weighted by molar-refractivity contribution is -0.138. The molecule has 2 atom stereocenters. The van der Waals surface area contributed by atoms with Crippen LogP contribution >= 0.6 is 0 Å². The molecule has 1 aliphatic heterocycles. The maximum absolute atomic E-state index is 11.3. The van der Waals surface area contributed by atoms with Crippen LogP contribution < -0.4 is 16.4 Å². The first kappa shape index (κ1) is 11.9. The summed E-state index contributed by atoms with van der Waals surface area (Å²) in [4.78, 5) is 21.7. The third-order valence-electron chi connectivity index (χ3n) is 2.43. The van der Waals surface area contributed by atoms with Gasteiger partial charge < -0.3 is 21.5 Å². The zero-order valence-electron chi connectivity index (χ0n) is 8.53. The molecule has 6 nitrogen and oxygen atoms in total. The van der Waals surface area contributed by atoms with Gasteiger partial charge in [0.05, 0.1) is 0 Å². The van der Waals surface area contributed by atoms with Crippen molar-refractivity contribution in [2.45, 2.75) is 31.3 Å². The first-order valence-electron chi connectivity index (χ1n) is 5.08. The molecule has 1 saturated heterocycles. The summed E-state index contributed by atoms with van der Waals surface area (Å²) in [7, 11) is 0. The molecule has 1 aliphatic rings. The van der Waals surface area contributed by atoms with Crippen LogP contribution in [-0.2, 0) is 9.59 Å². The lowest BCUT2D eigenvalue weighted by atomic mass is 10.1. The summed E-state index contributed by atoms with van der Waals surface area (Å²) in [6, 6.07) is -0.768. The Balaban J connectivity index is 2.15. The van der Waals surface area contributed by atoms with Crippen LogP contribution in [0.1, 0.15) is 19.3 Å². The largest absolute Gasteiger partial charge is 0.480 e. The monoisotopic (exact) mass is 215 g/mol. The number of aliphatic carboxylic acids is 1. The molecular formula is C9H17N3O3. The smallest absolute Gasteiger partial charge is 0.320 e. The number of carboxylic acids is 1. The SMILES string of the molecule is NC(CCC(=O)N[C@H]1CCNC1)C(=O)O. The predicted molar refractivity (Wildman–Crippen MR) is 54.3 cm³/mol. The minimum absolute atomic E-state index is 0.125. The molecular weight excluding hydrogens is 198 g/mol. The van der Waals surface area contributed by atoms with E-state index < -0.39 is 12.0 Å². The molecule has 1 unspecified atom stereocenters. The number of rotatable bonds is 5. The summed E-state index contributed by atoms with van der Waals surface area (Å²) in [5.41, 5.74) is 5.28. The molecule has 0 radical (unpaired) electrons. The number of hydrogen-bond acceptors (Lipinski definition) is 4. The number of nitrogens with one attached hydrogen (secondary N) is 2. The van der Waals surface area contributed by atoms with Crippen LogP contribution in [0.15, 0.2) is 0 Å². The van der Waals surface area contributed by atoms with Crippen molar-refractivity contribution < 1.29 is 14.7 Å². The number of carbonyl (C=O) groups excluding carboxylic acids is 1. The van der Waals surface area contributed by atoms with Crippen molar-refractivity contribution >= 4 is 11.9 Å². The van der Waals surface area contributed by atoms with E-state index in [1.165, 1.54) is 0 Å². The van der Waals surface area contributed by atoms with Crippen LogP contribution in [-0.4, -0.2) is 42.2 Å². The van der Waals surface area contributed by atoms with Crippen LogP contribution in [0.3, 0.4) is 0 Å². The lowest BCUT2D eigenvalue weighted by Crippen LogP contribution is -2.38. The number of hydrogen-bond donors (Lipinski definition) is 4. The summed E-state index contributed by atoms with van der Waals surface area (Å²) < 4.78 is 0. The molecule has 0 aliphatic carbocycles. The summed E-state index contributed by atoms with van der Waals surface area (Å²) >= 11 is 0. The number of carboxylic acid groups (broad SMARTS) is 1. The maximum atomic E-state index is 11.3. The van der Waals surface area contributed by atoms with E-state index in [0.717, 1.165) is 19.5 Å². The molecule has 0 spiro atoms. The topological polar surface area (TPSA) is 104 Å². The van der Waals surface area contributed by atoms with Crippen LogP contribution in [0.25, 0.3) is 0 Å². The van der Waals surface area contributed by atoms with E-state index in [1.54, 1.807) is 0 Å². The van der Waals surface area contributed by atoms with Gasteiger partial charge in [-0.2, -0.15) is 0 Å². The van der Waals surface area contributed by atoms with Gasteiger partial charge in [0.15, 0.2) is 0 Å². The molecule has 1 rings (SSSR count). The van der Waals surface area contributed by atoms with E-state index >= 15 is 0 Å². The zero-order valence-corrected chi connectivity index (χ0v) is 8.53. The molecule has 1 amide bonds. The van der Waals surface area contributed by atoms with Crippen molar-refractivity contribution in [1.29, 1.82) is 0 Å². The normalized spacial score (nSPS) is 22.3. The summed E-state index contributed by atoms with van der Waals surface area (Å²) in [6.45, 7) is 1.70. The van der Waals surface area contributed by atoms with Gasteiger partial charge in [-0.15, -0.1) is 0 Å². The first-order valence-corrected chi connectivity index (χ1v) is 5.08. The van der Waals surface area contributed by atoms with E-state index in [9.17, 15) is 9.59 Å². The van der Waals surface area contributed by atoms with Gasteiger partial charge in [-0.25, -0.2) is 0 Å². The molecule has 0 aromatic carbocycles. The summed E-state index contributed by atoms with van der Waals surface area (Å²) in [6.07, 6.45) is 1.28. The second-order valence-electron chi connectivity index (χ2n) is 3.74.